The fourth-order valence-corrected chi connectivity index (χ4v) is 4.80. The van der Waals surface area contributed by atoms with E-state index in [4.69, 9.17) is 4.74 Å². The molecule has 2 aliphatic heterocycles. The molecule has 1 fully saturated rings. The number of anilines is 1. The Morgan fingerprint density at radius 3 is 2.88 bits per heavy atom. The van der Waals surface area contributed by atoms with Crippen LogP contribution < -0.4 is 10.2 Å². The third-order valence-corrected chi connectivity index (χ3v) is 6.31. The van der Waals surface area contributed by atoms with E-state index >= 15 is 0 Å². The standard InChI is InChI=1S/C20H25N3O2S/c1-15-17-7-13-26-19(17)6-8-23(15)20(24)21-14-16-4-2-3-5-18(16)22-9-11-25-12-10-22/h2-5,7,13,15H,6,8-12,14H2,1H3,(H,21,24)/t15-/m1/s1. The molecule has 6 heteroatoms. The highest BCUT2D eigenvalue weighted by molar-refractivity contribution is 7.10. The van der Waals surface area contributed by atoms with Crippen LogP contribution >= 0.6 is 11.3 Å². The summed E-state index contributed by atoms with van der Waals surface area (Å²) in [6.07, 6.45) is 0.953. The number of amides is 2. The molecule has 0 spiro atoms. The van der Waals surface area contributed by atoms with Gasteiger partial charge in [0.2, 0.25) is 0 Å². The second kappa shape index (κ2) is 7.68. The molecule has 0 radical (unpaired) electrons. The number of urea groups is 1. The summed E-state index contributed by atoms with van der Waals surface area (Å²) >= 11 is 1.80. The second-order valence-electron chi connectivity index (χ2n) is 6.81. The van der Waals surface area contributed by atoms with Crippen molar-refractivity contribution >= 4 is 23.1 Å². The quantitative estimate of drug-likeness (QED) is 0.899. The lowest BCUT2D eigenvalue weighted by molar-refractivity contribution is 0.122. The first kappa shape index (κ1) is 17.4. The van der Waals surface area contributed by atoms with Crippen LogP contribution in [0.2, 0.25) is 0 Å². The predicted octanol–water partition coefficient (Wildman–Crippen LogP) is 3.41. The molecule has 1 N–H and O–H groups in total. The average molecular weight is 372 g/mol. The number of morpholine rings is 1. The van der Waals surface area contributed by atoms with Gasteiger partial charge in [0.05, 0.1) is 19.3 Å². The van der Waals surface area contributed by atoms with E-state index in [0.29, 0.717) is 6.54 Å². The molecule has 1 aromatic carbocycles. The van der Waals surface area contributed by atoms with Gasteiger partial charge in [0, 0.05) is 36.7 Å². The van der Waals surface area contributed by atoms with Gasteiger partial charge in [-0.1, -0.05) is 18.2 Å². The van der Waals surface area contributed by atoms with Crippen LogP contribution in [0.1, 0.15) is 29.0 Å². The summed E-state index contributed by atoms with van der Waals surface area (Å²) < 4.78 is 5.46. The first-order valence-corrected chi connectivity index (χ1v) is 10.1. The summed E-state index contributed by atoms with van der Waals surface area (Å²) in [6.45, 7) is 6.76. The van der Waals surface area contributed by atoms with E-state index in [1.165, 1.54) is 16.1 Å². The number of carbonyl (C=O) groups is 1. The highest BCUT2D eigenvalue weighted by Gasteiger charge is 2.28. The maximum atomic E-state index is 12.8. The maximum Gasteiger partial charge on any atom is 0.318 e. The lowest BCUT2D eigenvalue weighted by Gasteiger charge is -2.34. The van der Waals surface area contributed by atoms with Crippen molar-refractivity contribution in [2.24, 2.45) is 0 Å². The first-order chi connectivity index (χ1) is 12.7. The van der Waals surface area contributed by atoms with Gasteiger partial charge in [-0.2, -0.15) is 0 Å². The van der Waals surface area contributed by atoms with Gasteiger partial charge in [-0.25, -0.2) is 4.79 Å². The van der Waals surface area contributed by atoms with E-state index in [2.05, 4.69) is 46.8 Å². The highest BCUT2D eigenvalue weighted by Crippen LogP contribution is 2.32. The van der Waals surface area contributed by atoms with E-state index in [9.17, 15) is 4.79 Å². The summed E-state index contributed by atoms with van der Waals surface area (Å²) in [5.74, 6) is 0. The molecule has 0 unspecified atom stereocenters. The van der Waals surface area contributed by atoms with Crippen molar-refractivity contribution in [2.75, 3.05) is 37.7 Å². The monoisotopic (exact) mass is 371 g/mol. The number of nitrogens with zero attached hydrogens (tertiary/aromatic N) is 2. The number of rotatable bonds is 3. The number of thiophene rings is 1. The van der Waals surface area contributed by atoms with E-state index < -0.39 is 0 Å². The molecule has 2 amide bonds. The van der Waals surface area contributed by atoms with Crippen LogP contribution in [0.15, 0.2) is 35.7 Å². The molecule has 2 aliphatic rings. The summed E-state index contributed by atoms with van der Waals surface area (Å²) in [6, 6.07) is 10.6. The molecule has 3 heterocycles. The van der Waals surface area contributed by atoms with Gasteiger partial charge in [0.15, 0.2) is 0 Å². The Bertz CT molecular complexity index is 770. The lowest BCUT2D eigenvalue weighted by atomic mass is 10.0. The van der Waals surface area contributed by atoms with Crippen molar-refractivity contribution in [3.63, 3.8) is 0 Å². The molecular formula is C20H25N3O2S. The Morgan fingerprint density at radius 1 is 1.23 bits per heavy atom. The van der Waals surface area contributed by atoms with Crippen LogP contribution in [-0.2, 0) is 17.7 Å². The Balaban J connectivity index is 1.42. The molecule has 138 valence electrons. The summed E-state index contributed by atoms with van der Waals surface area (Å²) in [4.78, 5) is 18.5. The Morgan fingerprint density at radius 2 is 2.04 bits per heavy atom. The van der Waals surface area contributed by atoms with Gasteiger partial charge in [0.1, 0.15) is 0 Å². The Kier molecular flexibility index (Phi) is 5.13. The van der Waals surface area contributed by atoms with Gasteiger partial charge in [-0.15, -0.1) is 11.3 Å². The van der Waals surface area contributed by atoms with E-state index in [1.807, 2.05) is 11.0 Å². The average Bonchev–Trinajstić information content (AvgIpc) is 3.17. The zero-order valence-electron chi connectivity index (χ0n) is 15.1. The van der Waals surface area contributed by atoms with Crippen LogP contribution in [0.3, 0.4) is 0 Å². The van der Waals surface area contributed by atoms with Crippen molar-refractivity contribution in [1.29, 1.82) is 0 Å². The molecule has 4 rings (SSSR count). The van der Waals surface area contributed by atoms with Crippen LogP contribution in [-0.4, -0.2) is 43.8 Å². The van der Waals surface area contributed by atoms with Gasteiger partial charge >= 0.3 is 6.03 Å². The normalized spacial score (nSPS) is 20.0. The third kappa shape index (κ3) is 3.44. The fraction of sp³-hybridized carbons (Fsp3) is 0.450. The molecule has 26 heavy (non-hydrogen) atoms. The number of benzene rings is 1. The Labute approximate surface area is 158 Å². The van der Waals surface area contributed by atoms with Gasteiger partial charge in [0.25, 0.3) is 0 Å². The molecule has 0 saturated carbocycles. The lowest BCUT2D eigenvalue weighted by Crippen LogP contribution is -2.44. The van der Waals surface area contributed by atoms with E-state index in [0.717, 1.165) is 44.8 Å². The minimum Gasteiger partial charge on any atom is -0.378 e. The highest BCUT2D eigenvalue weighted by atomic mass is 32.1. The molecule has 0 bridgehead atoms. The van der Waals surface area contributed by atoms with Crippen LogP contribution in [0.25, 0.3) is 0 Å². The van der Waals surface area contributed by atoms with Crippen molar-refractivity contribution in [2.45, 2.75) is 25.9 Å². The number of para-hydroxylation sites is 1. The fourth-order valence-electron chi connectivity index (χ4n) is 3.83. The smallest absolute Gasteiger partial charge is 0.318 e. The summed E-state index contributed by atoms with van der Waals surface area (Å²) in [5, 5.41) is 5.26. The molecule has 0 aliphatic carbocycles. The van der Waals surface area contributed by atoms with Crippen molar-refractivity contribution in [1.82, 2.24) is 10.2 Å². The van der Waals surface area contributed by atoms with Gasteiger partial charge in [-0.3, -0.25) is 0 Å². The maximum absolute atomic E-state index is 12.8. The number of hydrogen-bond acceptors (Lipinski definition) is 4. The largest absolute Gasteiger partial charge is 0.378 e. The number of hydrogen-bond donors (Lipinski definition) is 1. The Hall–Kier alpha value is -2.05. The number of ether oxygens (including phenoxy) is 1. The van der Waals surface area contributed by atoms with Crippen LogP contribution in [0.4, 0.5) is 10.5 Å². The van der Waals surface area contributed by atoms with Crippen LogP contribution in [0, 0.1) is 0 Å². The van der Waals surface area contributed by atoms with Crippen LogP contribution in [0.5, 0.6) is 0 Å². The first-order valence-electron chi connectivity index (χ1n) is 9.25. The van der Waals surface area contributed by atoms with Gasteiger partial charge in [-0.05, 0) is 42.0 Å². The predicted molar refractivity (Wildman–Crippen MR) is 105 cm³/mol. The van der Waals surface area contributed by atoms with E-state index in [1.54, 1.807) is 11.3 Å². The summed E-state index contributed by atoms with van der Waals surface area (Å²) in [5.41, 5.74) is 3.65. The topological polar surface area (TPSA) is 44.8 Å². The minimum absolute atomic E-state index is 0.0196. The third-order valence-electron chi connectivity index (χ3n) is 5.31. The number of fused-ring (bicyclic) bond motifs is 1. The zero-order chi connectivity index (χ0) is 17.9. The molecule has 1 aromatic heterocycles. The minimum atomic E-state index is 0.0196. The number of nitrogens with one attached hydrogen (secondary N) is 1. The molecular weight excluding hydrogens is 346 g/mol. The zero-order valence-corrected chi connectivity index (χ0v) is 15.9. The summed E-state index contributed by atoms with van der Waals surface area (Å²) in [7, 11) is 0. The molecule has 2 aromatic rings. The second-order valence-corrected chi connectivity index (χ2v) is 7.81. The van der Waals surface area contributed by atoms with Gasteiger partial charge < -0.3 is 19.9 Å². The van der Waals surface area contributed by atoms with Crippen molar-refractivity contribution in [3.8, 4) is 0 Å². The van der Waals surface area contributed by atoms with Crippen molar-refractivity contribution in [3.05, 3.63) is 51.7 Å². The SMILES string of the molecule is C[C@@H]1c2ccsc2CCN1C(=O)NCc1ccccc1N1CCOCC1. The molecule has 1 saturated heterocycles. The molecule has 1 atom stereocenters. The van der Waals surface area contributed by atoms with Crippen molar-refractivity contribution < 1.29 is 9.53 Å². The molecule has 5 nitrogen and oxygen atoms in total. The van der Waals surface area contributed by atoms with E-state index in [-0.39, 0.29) is 12.1 Å². The number of carbonyl (C=O) groups excluding carboxylic acids is 1.